The van der Waals surface area contributed by atoms with Gasteiger partial charge < -0.3 is 4.57 Å². The summed E-state index contributed by atoms with van der Waals surface area (Å²) in [6.07, 6.45) is 0.957. The molecule has 0 spiro atoms. The zero-order valence-corrected chi connectivity index (χ0v) is 14.9. The van der Waals surface area contributed by atoms with Crippen LogP contribution in [0.15, 0.2) is 35.5 Å². The van der Waals surface area contributed by atoms with Gasteiger partial charge >= 0.3 is 0 Å². The Hall–Kier alpha value is -1.84. The van der Waals surface area contributed by atoms with Gasteiger partial charge in [0.25, 0.3) is 0 Å². The van der Waals surface area contributed by atoms with Crippen LogP contribution >= 0.6 is 11.8 Å². The van der Waals surface area contributed by atoms with E-state index >= 15 is 0 Å². The van der Waals surface area contributed by atoms with E-state index in [9.17, 15) is 0 Å². The summed E-state index contributed by atoms with van der Waals surface area (Å²) in [5.74, 6) is 0.953. The molecule has 2 atom stereocenters. The van der Waals surface area contributed by atoms with E-state index < -0.39 is 0 Å². The molecular weight excluding hydrogens is 306 g/mol. The minimum atomic E-state index is -0.152. The first kappa shape index (κ1) is 17.5. The number of nitrogens with zero attached hydrogens (tertiary/aromatic N) is 5. The zero-order chi connectivity index (χ0) is 16.8. The van der Waals surface area contributed by atoms with Crippen LogP contribution in [0.2, 0.25) is 0 Å². The number of hydrogen-bond acceptors (Lipinski definition) is 5. The van der Waals surface area contributed by atoms with Crippen LogP contribution in [0.4, 0.5) is 0 Å². The van der Waals surface area contributed by atoms with Gasteiger partial charge in [0.2, 0.25) is 0 Å². The summed E-state index contributed by atoms with van der Waals surface area (Å²) in [6.45, 7) is 4.75. The first-order valence-electron chi connectivity index (χ1n) is 7.76. The second-order valence-electron chi connectivity index (χ2n) is 5.69. The predicted octanol–water partition coefficient (Wildman–Crippen LogP) is 3.34. The highest BCUT2D eigenvalue weighted by molar-refractivity contribution is 8.00. The third-order valence-electron chi connectivity index (χ3n) is 3.70. The van der Waals surface area contributed by atoms with Crippen molar-refractivity contribution in [1.29, 1.82) is 5.26 Å². The second kappa shape index (κ2) is 8.14. The minimum Gasteiger partial charge on any atom is -0.300 e. The molecule has 1 aromatic heterocycles. The molecule has 0 saturated carbocycles. The van der Waals surface area contributed by atoms with Gasteiger partial charge in [0, 0.05) is 0 Å². The smallest absolute Gasteiger partial charge is 0.192 e. The van der Waals surface area contributed by atoms with Crippen LogP contribution < -0.4 is 0 Å². The summed E-state index contributed by atoms with van der Waals surface area (Å²) in [5, 5.41) is 18.5. The summed E-state index contributed by atoms with van der Waals surface area (Å²) in [7, 11) is 4.11. The molecule has 23 heavy (non-hydrogen) atoms. The Morgan fingerprint density at radius 1 is 1.26 bits per heavy atom. The van der Waals surface area contributed by atoms with Gasteiger partial charge in [-0.25, -0.2) is 0 Å². The van der Waals surface area contributed by atoms with Crippen molar-refractivity contribution in [1.82, 2.24) is 19.7 Å². The van der Waals surface area contributed by atoms with Gasteiger partial charge in [-0.05, 0) is 33.0 Å². The number of benzene rings is 1. The molecule has 0 amide bonds. The van der Waals surface area contributed by atoms with Crippen LogP contribution in [-0.2, 0) is 6.54 Å². The number of nitriles is 1. The Labute approximate surface area is 142 Å². The minimum absolute atomic E-state index is 0.152. The fourth-order valence-corrected chi connectivity index (χ4v) is 3.25. The van der Waals surface area contributed by atoms with Gasteiger partial charge in [0.15, 0.2) is 11.0 Å². The van der Waals surface area contributed by atoms with Crippen molar-refractivity contribution in [2.24, 2.45) is 0 Å². The largest absolute Gasteiger partial charge is 0.300 e. The van der Waals surface area contributed by atoms with Crippen LogP contribution in [0.1, 0.15) is 37.7 Å². The van der Waals surface area contributed by atoms with Crippen molar-refractivity contribution >= 4 is 11.8 Å². The first-order valence-corrected chi connectivity index (χ1v) is 8.64. The van der Waals surface area contributed by atoms with Crippen molar-refractivity contribution in [3.05, 3.63) is 41.7 Å². The van der Waals surface area contributed by atoms with E-state index in [4.69, 9.17) is 5.26 Å². The quantitative estimate of drug-likeness (QED) is 0.729. The van der Waals surface area contributed by atoms with E-state index in [1.54, 1.807) is 0 Å². The lowest BCUT2D eigenvalue weighted by atomic mass is 10.2. The summed E-state index contributed by atoms with van der Waals surface area (Å²) in [6, 6.07) is 12.7. The molecule has 0 fully saturated rings. The lowest BCUT2D eigenvalue weighted by molar-refractivity contribution is 0.272. The van der Waals surface area contributed by atoms with Crippen molar-refractivity contribution in [3.8, 4) is 6.07 Å². The summed E-state index contributed by atoms with van der Waals surface area (Å²) >= 11 is 1.46. The molecule has 0 aliphatic rings. The fraction of sp³-hybridized carbons (Fsp3) is 0.471. The average molecular weight is 329 g/mol. The maximum atomic E-state index is 9.09. The van der Waals surface area contributed by atoms with Gasteiger partial charge in [0.1, 0.15) is 0 Å². The van der Waals surface area contributed by atoms with Gasteiger partial charge in [-0.3, -0.25) is 4.90 Å². The Morgan fingerprint density at radius 2 is 1.96 bits per heavy atom. The van der Waals surface area contributed by atoms with E-state index in [1.807, 2.05) is 25.1 Å². The van der Waals surface area contributed by atoms with Crippen LogP contribution in [0.5, 0.6) is 0 Å². The lowest BCUT2D eigenvalue weighted by Crippen LogP contribution is -2.23. The Morgan fingerprint density at radius 3 is 2.52 bits per heavy atom. The van der Waals surface area contributed by atoms with E-state index in [1.165, 1.54) is 17.3 Å². The van der Waals surface area contributed by atoms with E-state index in [0.717, 1.165) is 17.4 Å². The monoisotopic (exact) mass is 329 g/mol. The Bertz CT molecular complexity index is 659. The molecule has 0 N–H and O–H groups in total. The highest BCUT2D eigenvalue weighted by atomic mass is 32.2. The van der Waals surface area contributed by atoms with E-state index in [0.29, 0.717) is 6.54 Å². The summed E-state index contributed by atoms with van der Waals surface area (Å²) in [5.41, 5.74) is 1.20. The van der Waals surface area contributed by atoms with Gasteiger partial charge in [-0.1, -0.05) is 49.0 Å². The summed E-state index contributed by atoms with van der Waals surface area (Å²) in [4.78, 5) is 2.16. The van der Waals surface area contributed by atoms with Crippen LogP contribution in [0.3, 0.4) is 0 Å². The average Bonchev–Trinajstić information content (AvgIpc) is 2.91. The molecule has 122 valence electrons. The summed E-state index contributed by atoms with van der Waals surface area (Å²) < 4.78 is 2.14. The van der Waals surface area contributed by atoms with Crippen molar-refractivity contribution in [3.63, 3.8) is 0 Å². The Kier molecular flexibility index (Phi) is 6.20. The number of rotatable bonds is 7. The molecule has 6 heteroatoms. The number of hydrogen-bond donors (Lipinski definition) is 0. The fourth-order valence-electron chi connectivity index (χ4n) is 2.51. The topological polar surface area (TPSA) is 57.7 Å². The molecule has 0 aliphatic heterocycles. The maximum Gasteiger partial charge on any atom is 0.192 e. The van der Waals surface area contributed by atoms with E-state index in [-0.39, 0.29) is 11.3 Å². The Balaban J connectivity index is 2.40. The number of thioether (sulfide) groups is 1. The van der Waals surface area contributed by atoms with E-state index in [2.05, 4.69) is 58.9 Å². The molecule has 0 unspecified atom stereocenters. The van der Waals surface area contributed by atoms with Gasteiger partial charge in [0.05, 0.1) is 23.9 Å². The highest BCUT2D eigenvalue weighted by Gasteiger charge is 2.23. The van der Waals surface area contributed by atoms with Crippen LogP contribution in [0.25, 0.3) is 0 Å². The lowest BCUT2D eigenvalue weighted by Gasteiger charge is -2.23. The number of aromatic nitrogens is 3. The van der Waals surface area contributed by atoms with Crippen molar-refractivity contribution in [2.45, 2.75) is 43.3 Å². The molecule has 1 aromatic carbocycles. The molecule has 0 saturated heterocycles. The predicted molar refractivity (Wildman–Crippen MR) is 93.2 cm³/mol. The third kappa shape index (κ3) is 4.34. The van der Waals surface area contributed by atoms with Crippen molar-refractivity contribution < 1.29 is 0 Å². The molecule has 0 radical (unpaired) electrons. The SMILES string of the molecule is CC[C@@H](c1nnc(S[C@@H](C)C#N)n1Cc1ccccc1)N(C)C. The standard InChI is InChI=1S/C17H23N5S/c1-5-15(21(3)4)16-19-20-17(23-13(2)11-18)22(16)12-14-9-7-6-8-10-14/h6-10,13,15H,5,12H2,1-4H3/t13-,15-/m0/s1. The zero-order valence-electron chi connectivity index (χ0n) is 14.1. The molecule has 1 heterocycles. The van der Waals surface area contributed by atoms with Crippen LogP contribution in [-0.4, -0.2) is 39.0 Å². The normalized spacial score (nSPS) is 13.7. The molecule has 0 aliphatic carbocycles. The molecule has 2 rings (SSSR count). The van der Waals surface area contributed by atoms with Crippen LogP contribution in [0, 0.1) is 11.3 Å². The van der Waals surface area contributed by atoms with Crippen molar-refractivity contribution in [2.75, 3.05) is 14.1 Å². The molecule has 2 aromatic rings. The first-order chi connectivity index (χ1) is 11.1. The van der Waals surface area contributed by atoms with Gasteiger partial charge in [-0.15, -0.1) is 10.2 Å². The molecule has 5 nitrogen and oxygen atoms in total. The van der Waals surface area contributed by atoms with Gasteiger partial charge in [-0.2, -0.15) is 5.26 Å². The second-order valence-corrected chi connectivity index (χ2v) is 7.00. The third-order valence-corrected chi connectivity index (χ3v) is 4.67. The molecular formula is C17H23N5S. The molecule has 0 bridgehead atoms. The highest BCUT2D eigenvalue weighted by Crippen LogP contribution is 2.28. The maximum absolute atomic E-state index is 9.09.